The number of hydrogen-bond donors (Lipinski definition) is 1. The Balaban J connectivity index is 1.45. The molecule has 2 heterocycles. The van der Waals surface area contributed by atoms with Crippen molar-refractivity contribution >= 4 is 56.6 Å². The highest BCUT2D eigenvalue weighted by Gasteiger charge is 2.73. The quantitative estimate of drug-likeness (QED) is 0.322. The van der Waals surface area contributed by atoms with Crippen LogP contribution in [0.3, 0.4) is 0 Å². The first-order valence-corrected chi connectivity index (χ1v) is 12.8. The van der Waals surface area contributed by atoms with E-state index in [4.69, 9.17) is 33.2 Å². The summed E-state index contributed by atoms with van der Waals surface area (Å²) < 4.78 is 0. The Morgan fingerprint density at radius 2 is 1.59 bits per heavy atom. The van der Waals surface area contributed by atoms with Crippen LogP contribution in [-0.2, 0) is 15.6 Å². The molecule has 2 aliphatic rings. The molecule has 6 rings (SSSR count). The van der Waals surface area contributed by atoms with Gasteiger partial charge in [-0.2, -0.15) is 0 Å². The average Bonchev–Trinajstić information content (AvgIpc) is 3.40. The molecule has 0 aliphatic heterocycles. The van der Waals surface area contributed by atoms with Gasteiger partial charge >= 0.3 is 0 Å². The summed E-state index contributed by atoms with van der Waals surface area (Å²) in [6.07, 6.45) is 1.56. The summed E-state index contributed by atoms with van der Waals surface area (Å²) in [5.74, 6) is -0.0809. The maximum Gasteiger partial charge on any atom is 0.239 e. The van der Waals surface area contributed by atoms with Crippen LogP contribution >= 0.6 is 34.5 Å². The van der Waals surface area contributed by atoms with Crippen LogP contribution in [-0.4, -0.2) is 20.9 Å². The van der Waals surface area contributed by atoms with Crippen LogP contribution in [0.5, 0.6) is 0 Å². The van der Waals surface area contributed by atoms with E-state index in [9.17, 15) is 4.79 Å². The third kappa shape index (κ3) is 2.73. The van der Waals surface area contributed by atoms with Crippen molar-refractivity contribution in [2.75, 3.05) is 5.32 Å². The topological polar surface area (TPSA) is 67.8 Å². The highest BCUT2D eigenvalue weighted by molar-refractivity contribution is 7.14. The molecule has 8 heteroatoms. The lowest BCUT2D eigenvalue weighted by molar-refractivity contribution is -0.125. The summed E-state index contributed by atoms with van der Waals surface area (Å²) in [7, 11) is 0. The lowest BCUT2D eigenvalue weighted by atomic mass is 9.63. The molecular formula is C26H22Cl2N4OS. The van der Waals surface area contributed by atoms with Gasteiger partial charge in [0.2, 0.25) is 5.91 Å². The summed E-state index contributed by atoms with van der Waals surface area (Å²) in [6.45, 7) is 6.51. The van der Waals surface area contributed by atoms with E-state index in [2.05, 4.69) is 31.1 Å². The van der Waals surface area contributed by atoms with Gasteiger partial charge in [-0.1, -0.05) is 74.3 Å². The minimum absolute atomic E-state index is 0.0809. The molecule has 1 amide bonds. The predicted molar refractivity (Wildman–Crippen MR) is 138 cm³/mol. The van der Waals surface area contributed by atoms with Gasteiger partial charge in [0.1, 0.15) is 0 Å². The van der Waals surface area contributed by atoms with Crippen LogP contribution in [0.15, 0.2) is 47.8 Å². The molecule has 0 saturated heterocycles. The Labute approximate surface area is 211 Å². The Kier molecular flexibility index (Phi) is 4.67. The molecule has 2 atom stereocenters. The number of fused-ring (bicyclic) bond motifs is 6. The number of rotatable bonds is 3. The van der Waals surface area contributed by atoms with Gasteiger partial charge in [0.05, 0.1) is 43.6 Å². The van der Waals surface area contributed by atoms with Gasteiger partial charge in [0, 0.05) is 16.4 Å². The van der Waals surface area contributed by atoms with Crippen molar-refractivity contribution in [2.24, 2.45) is 5.41 Å². The van der Waals surface area contributed by atoms with Gasteiger partial charge in [0.15, 0.2) is 5.13 Å². The van der Waals surface area contributed by atoms with Gasteiger partial charge in [-0.15, -0.1) is 11.3 Å². The normalized spacial score (nSPS) is 24.4. The van der Waals surface area contributed by atoms with Gasteiger partial charge in [-0.25, -0.2) is 15.0 Å². The zero-order chi connectivity index (χ0) is 23.9. The minimum atomic E-state index is -0.817. The second-order valence-electron chi connectivity index (χ2n) is 9.90. The van der Waals surface area contributed by atoms with Crippen LogP contribution in [0.1, 0.15) is 45.0 Å². The first kappa shape index (κ1) is 22.0. The van der Waals surface area contributed by atoms with E-state index in [1.807, 2.05) is 35.7 Å². The number of nitrogens with one attached hydrogen (secondary N) is 1. The number of carbonyl (C=O) groups excluding carboxylic acids is 1. The van der Waals surface area contributed by atoms with Crippen molar-refractivity contribution in [3.63, 3.8) is 0 Å². The number of thiazole rings is 1. The molecule has 4 aromatic rings. The average molecular weight is 509 g/mol. The number of carbonyl (C=O) groups is 1. The minimum Gasteiger partial charge on any atom is -0.301 e. The molecule has 1 fully saturated rings. The Hall–Kier alpha value is -2.54. The molecule has 0 spiro atoms. The summed E-state index contributed by atoms with van der Waals surface area (Å²) in [6, 6.07) is 13.4. The molecule has 1 saturated carbocycles. The fourth-order valence-electron chi connectivity index (χ4n) is 5.88. The van der Waals surface area contributed by atoms with Crippen molar-refractivity contribution in [1.29, 1.82) is 0 Å². The molecule has 2 aliphatic carbocycles. The second kappa shape index (κ2) is 7.23. The van der Waals surface area contributed by atoms with Crippen LogP contribution in [0.4, 0.5) is 5.13 Å². The van der Waals surface area contributed by atoms with Crippen molar-refractivity contribution in [3.05, 3.63) is 69.3 Å². The number of hydrogen-bond acceptors (Lipinski definition) is 5. The van der Waals surface area contributed by atoms with E-state index in [1.54, 1.807) is 12.1 Å². The highest BCUT2D eigenvalue weighted by Crippen LogP contribution is 2.70. The molecule has 2 aromatic carbocycles. The molecule has 1 N–H and O–H groups in total. The van der Waals surface area contributed by atoms with Gasteiger partial charge in [0.25, 0.3) is 0 Å². The molecule has 172 valence electrons. The molecule has 34 heavy (non-hydrogen) atoms. The van der Waals surface area contributed by atoms with E-state index in [1.165, 1.54) is 11.3 Å². The zero-order valence-electron chi connectivity index (χ0n) is 18.9. The monoisotopic (exact) mass is 508 g/mol. The number of aromatic nitrogens is 3. The molecule has 0 radical (unpaired) electrons. The second-order valence-corrected chi connectivity index (χ2v) is 11.6. The third-order valence-electron chi connectivity index (χ3n) is 8.26. The third-order valence-corrected chi connectivity index (χ3v) is 9.74. The Morgan fingerprint density at radius 1 is 0.941 bits per heavy atom. The van der Waals surface area contributed by atoms with Gasteiger partial charge in [-0.05, 0) is 30.4 Å². The zero-order valence-corrected chi connectivity index (χ0v) is 21.3. The largest absolute Gasteiger partial charge is 0.301 e. The van der Waals surface area contributed by atoms with E-state index in [-0.39, 0.29) is 11.3 Å². The lowest BCUT2D eigenvalue weighted by Crippen LogP contribution is -2.48. The Morgan fingerprint density at radius 3 is 2.26 bits per heavy atom. The van der Waals surface area contributed by atoms with Crippen LogP contribution < -0.4 is 5.32 Å². The molecule has 2 bridgehead atoms. The Bertz CT molecular complexity index is 1490. The maximum absolute atomic E-state index is 14.1. The first-order chi connectivity index (χ1) is 16.2. The molecular weight excluding hydrogens is 487 g/mol. The number of amides is 1. The fraction of sp³-hybridized carbons (Fsp3) is 0.308. The van der Waals surface area contributed by atoms with Gasteiger partial charge < -0.3 is 5.32 Å². The summed E-state index contributed by atoms with van der Waals surface area (Å²) in [5, 5.41) is 6.55. The highest BCUT2D eigenvalue weighted by atomic mass is 35.5. The van der Waals surface area contributed by atoms with E-state index in [0.717, 1.165) is 29.1 Å². The first-order valence-electron chi connectivity index (χ1n) is 11.2. The number of halogens is 2. The predicted octanol–water partition coefficient (Wildman–Crippen LogP) is 7.03. The van der Waals surface area contributed by atoms with Gasteiger partial charge in [-0.3, -0.25) is 4.79 Å². The number of anilines is 1. The van der Waals surface area contributed by atoms with E-state index < -0.39 is 10.8 Å². The van der Waals surface area contributed by atoms with E-state index in [0.29, 0.717) is 32.6 Å². The van der Waals surface area contributed by atoms with E-state index >= 15 is 0 Å². The fourth-order valence-corrected chi connectivity index (χ4v) is 6.91. The summed E-state index contributed by atoms with van der Waals surface area (Å²) in [4.78, 5) is 28.7. The lowest BCUT2D eigenvalue weighted by Gasteiger charge is -2.39. The van der Waals surface area contributed by atoms with Crippen molar-refractivity contribution in [1.82, 2.24) is 15.0 Å². The number of nitrogens with zero attached hydrogens (tertiary/aromatic N) is 3. The van der Waals surface area contributed by atoms with Crippen LogP contribution in [0.25, 0.3) is 22.3 Å². The van der Waals surface area contributed by atoms with Crippen molar-refractivity contribution in [2.45, 2.75) is 44.4 Å². The van der Waals surface area contributed by atoms with Crippen molar-refractivity contribution in [3.8, 4) is 11.3 Å². The number of benzene rings is 2. The summed E-state index contributed by atoms with van der Waals surface area (Å²) >= 11 is 14.0. The molecule has 5 nitrogen and oxygen atoms in total. The van der Waals surface area contributed by atoms with Crippen molar-refractivity contribution < 1.29 is 4.79 Å². The standard InChI is InChI=1S/C26H22Cl2N4OS/c1-24(2)25(3)9-10-26(24,21-20(25)29-17-11-15(27)16(28)12-18(17)30-21)22(33)32-23-31-19(13-34-23)14-7-5-4-6-8-14/h4-8,11-13H,9-10H2,1-3H3,(H,31,32,33). The maximum atomic E-state index is 14.1. The molecule has 2 unspecified atom stereocenters. The van der Waals surface area contributed by atoms with Crippen LogP contribution in [0, 0.1) is 5.41 Å². The smallest absolute Gasteiger partial charge is 0.239 e. The van der Waals surface area contributed by atoms with Crippen LogP contribution in [0.2, 0.25) is 10.0 Å². The molecule has 2 aromatic heterocycles. The summed E-state index contributed by atoms with van der Waals surface area (Å²) in [5.41, 5.74) is 3.34. The SMILES string of the molecule is CC12CCC(C(=O)Nc3nc(-c4ccccc4)cs3)(c3nc4cc(Cl)c(Cl)cc4nc31)C2(C)C.